The molecule has 0 fully saturated rings. The van der Waals surface area contributed by atoms with Gasteiger partial charge in [0.2, 0.25) is 0 Å². The number of halogens is 1. The van der Waals surface area contributed by atoms with Crippen molar-refractivity contribution in [3.63, 3.8) is 0 Å². The maximum atomic E-state index is 10.9. The van der Waals surface area contributed by atoms with Gasteiger partial charge < -0.3 is 4.74 Å². The Balaban J connectivity index is 2.50. The van der Waals surface area contributed by atoms with Crippen molar-refractivity contribution in [1.29, 1.82) is 0 Å². The molecule has 0 aliphatic carbocycles. The Kier molecular flexibility index (Phi) is 8.42. The van der Waals surface area contributed by atoms with Crippen molar-refractivity contribution in [2.45, 2.75) is 38.5 Å². The molecule has 22 heavy (non-hydrogen) atoms. The fourth-order valence-corrected chi connectivity index (χ4v) is 2.42. The molecule has 8 heteroatoms. The summed E-state index contributed by atoms with van der Waals surface area (Å²) in [5, 5.41) is 22.9. The molecule has 1 aromatic rings. The third kappa shape index (κ3) is 5.97. The lowest BCUT2D eigenvalue weighted by molar-refractivity contribution is -0.396. The van der Waals surface area contributed by atoms with Crippen molar-refractivity contribution in [3.05, 3.63) is 38.4 Å². The fourth-order valence-electron chi connectivity index (χ4n) is 2.03. The topological polar surface area (TPSA) is 95.5 Å². The molecule has 0 heterocycles. The van der Waals surface area contributed by atoms with Gasteiger partial charge in [-0.15, -0.1) is 0 Å². The highest BCUT2D eigenvalue weighted by molar-refractivity contribution is 9.09. The average molecular weight is 375 g/mol. The molecular weight excluding hydrogens is 356 g/mol. The standard InChI is InChI=1S/C14H19BrN2O5/c15-10-5-3-1-2-4-6-11-22-14-12(16(18)19)8-7-9-13(14)17(20)21/h7-9H,1-6,10-11H2. The van der Waals surface area contributed by atoms with E-state index in [9.17, 15) is 20.2 Å². The summed E-state index contributed by atoms with van der Waals surface area (Å²) in [7, 11) is 0. The first-order valence-electron chi connectivity index (χ1n) is 7.18. The quantitative estimate of drug-likeness (QED) is 0.243. The monoisotopic (exact) mass is 374 g/mol. The van der Waals surface area contributed by atoms with Gasteiger partial charge in [-0.3, -0.25) is 20.2 Å². The summed E-state index contributed by atoms with van der Waals surface area (Å²) in [4.78, 5) is 20.5. The number of alkyl halides is 1. The van der Waals surface area contributed by atoms with Gasteiger partial charge in [-0.25, -0.2) is 0 Å². The van der Waals surface area contributed by atoms with Crippen LogP contribution in [0.5, 0.6) is 5.75 Å². The molecule has 1 rings (SSSR count). The molecule has 122 valence electrons. The van der Waals surface area contributed by atoms with Crippen LogP contribution in [0.15, 0.2) is 18.2 Å². The maximum Gasteiger partial charge on any atom is 0.318 e. The second-order valence-electron chi connectivity index (χ2n) is 4.80. The van der Waals surface area contributed by atoms with Gasteiger partial charge in [0.15, 0.2) is 0 Å². The van der Waals surface area contributed by atoms with E-state index >= 15 is 0 Å². The summed E-state index contributed by atoms with van der Waals surface area (Å²) in [6, 6.07) is 3.71. The molecule has 0 unspecified atom stereocenters. The largest absolute Gasteiger partial charge is 0.482 e. The highest BCUT2D eigenvalue weighted by Gasteiger charge is 2.26. The highest BCUT2D eigenvalue weighted by atomic mass is 79.9. The van der Waals surface area contributed by atoms with Crippen LogP contribution in [0.1, 0.15) is 38.5 Å². The molecule has 1 aromatic carbocycles. The zero-order chi connectivity index (χ0) is 16.4. The van der Waals surface area contributed by atoms with Crippen molar-refractivity contribution in [1.82, 2.24) is 0 Å². The van der Waals surface area contributed by atoms with E-state index in [1.807, 2.05) is 0 Å². The summed E-state index contributed by atoms with van der Waals surface area (Å²) < 4.78 is 5.33. The first kappa shape index (κ1) is 18.3. The van der Waals surface area contributed by atoms with E-state index in [0.717, 1.165) is 37.4 Å². The van der Waals surface area contributed by atoms with Gasteiger partial charge in [0.25, 0.3) is 5.75 Å². The molecule has 0 aromatic heterocycles. The first-order chi connectivity index (χ1) is 10.6. The van der Waals surface area contributed by atoms with Crippen LogP contribution in [-0.2, 0) is 0 Å². The normalized spacial score (nSPS) is 10.4. The molecule has 0 aliphatic rings. The second kappa shape index (κ2) is 10.1. The van der Waals surface area contributed by atoms with E-state index < -0.39 is 9.85 Å². The fraction of sp³-hybridized carbons (Fsp3) is 0.571. The molecule has 0 atom stereocenters. The molecule has 0 aliphatic heterocycles. The molecule has 0 saturated heterocycles. The second-order valence-corrected chi connectivity index (χ2v) is 5.59. The van der Waals surface area contributed by atoms with Gasteiger partial charge in [-0.2, -0.15) is 0 Å². The SMILES string of the molecule is O=[N+]([O-])c1cccc([N+](=O)[O-])c1OCCCCCCCCBr. The molecule has 0 amide bonds. The zero-order valence-corrected chi connectivity index (χ0v) is 13.8. The van der Waals surface area contributed by atoms with Crippen molar-refractivity contribution in [3.8, 4) is 5.75 Å². The van der Waals surface area contributed by atoms with Crippen LogP contribution in [0.2, 0.25) is 0 Å². The first-order valence-corrected chi connectivity index (χ1v) is 8.30. The lowest BCUT2D eigenvalue weighted by Crippen LogP contribution is -2.03. The number of unbranched alkanes of at least 4 members (excludes halogenated alkanes) is 5. The van der Waals surface area contributed by atoms with Gasteiger partial charge in [-0.1, -0.05) is 41.6 Å². The molecule has 0 spiro atoms. The number of benzene rings is 1. The van der Waals surface area contributed by atoms with Crippen LogP contribution < -0.4 is 4.74 Å². The van der Waals surface area contributed by atoms with Crippen LogP contribution in [0, 0.1) is 20.2 Å². The van der Waals surface area contributed by atoms with E-state index in [1.54, 1.807) is 0 Å². The van der Waals surface area contributed by atoms with Gasteiger partial charge >= 0.3 is 11.4 Å². The summed E-state index contributed by atoms with van der Waals surface area (Å²) in [5.74, 6) is -0.253. The Morgan fingerprint density at radius 3 is 1.91 bits per heavy atom. The van der Waals surface area contributed by atoms with Crippen LogP contribution in [0.25, 0.3) is 0 Å². The number of ether oxygens (including phenoxy) is 1. The zero-order valence-electron chi connectivity index (χ0n) is 12.2. The Morgan fingerprint density at radius 1 is 0.909 bits per heavy atom. The van der Waals surface area contributed by atoms with Crippen molar-refractivity contribution in [2.24, 2.45) is 0 Å². The average Bonchev–Trinajstić information content (AvgIpc) is 2.49. The molecule has 7 nitrogen and oxygen atoms in total. The highest BCUT2D eigenvalue weighted by Crippen LogP contribution is 2.36. The van der Waals surface area contributed by atoms with Gasteiger partial charge in [-0.05, 0) is 18.9 Å². The van der Waals surface area contributed by atoms with Crippen molar-refractivity contribution in [2.75, 3.05) is 11.9 Å². The number of hydrogen-bond acceptors (Lipinski definition) is 5. The minimum absolute atomic E-state index is 0.240. The third-order valence-electron chi connectivity index (χ3n) is 3.14. The maximum absolute atomic E-state index is 10.9. The number of nitro groups is 2. The van der Waals surface area contributed by atoms with Crippen LogP contribution in [-0.4, -0.2) is 21.8 Å². The summed E-state index contributed by atoms with van der Waals surface area (Å²) >= 11 is 3.38. The third-order valence-corrected chi connectivity index (χ3v) is 3.70. The summed E-state index contributed by atoms with van der Waals surface area (Å²) in [6.45, 7) is 0.240. The number of rotatable bonds is 11. The predicted octanol–water partition coefficient (Wildman–Crippen LogP) is 4.62. The molecule has 0 bridgehead atoms. The summed E-state index contributed by atoms with van der Waals surface area (Å²) in [6.07, 6.45) is 6.18. The van der Waals surface area contributed by atoms with Crippen molar-refractivity contribution < 1.29 is 14.6 Å². The number of nitrogens with zero attached hydrogens (tertiary/aromatic N) is 2. The Morgan fingerprint density at radius 2 is 1.41 bits per heavy atom. The van der Waals surface area contributed by atoms with Gasteiger partial charge in [0.05, 0.1) is 16.5 Å². The molecular formula is C14H19BrN2O5. The Hall–Kier alpha value is -1.70. The van der Waals surface area contributed by atoms with E-state index in [1.165, 1.54) is 24.6 Å². The van der Waals surface area contributed by atoms with Gasteiger partial charge in [0, 0.05) is 17.5 Å². The number of para-hydroxylation sites is 1. The lowest BCUT2D eigenvalue weighted by atomic mass is 10.1. The van der Waals surface area contributed by atoms with Gasteiger partial charge in [0.1, 0.15) is 0 Å². The molecule has 0 saturated carbocycles. The van der Waals surface area contributed by atoms with Crippen LogP contribution in [0.4, 0.5) is 11.4 Å². The van der Waals surface area contributed by atoms with Crippen molar-refractivity contribution >= 4 is 27.3 Å². The minimum Gasteiger partial charge on any atom is -0.482 e. The van der Waals surface area contributed by atoms with Crippen LogP contribution in [0.3, 0.4) is 0 Å². The number of hydrogen-bond donors (Lipinski definition) is 0. The van der Waals surface area contributed by atoms with Crippen LogP contribution >= 0.6 is 15.9 Å². The lowest BCUT2D eigenvalue weighted by Gasteiger charge is -2.07. The van der Waals surface area contributed by atoms with E-state index in [0.29, 0.717) is 0 Å². The molecule has 0 N–H and O–H groups in total. The number of nitro benzene ring substituents is 2. The molecule has 0 radical (unpaired) electrons. The summed E-state index contributed by atoms with van der Waals surface area (Å²) in [5.41, 5.74) is -0.738. The predicted molar refractivity (Wildman–Crippen MR) is 86.7 cm³/mol. The van der Waals surface area contributed by atoms with E-state index in [4.69, 9.17) is 4.74 Å². The van der Waals surface area contributed by atoms with E-state index in [2.05, 4.69) is 15.9 Å². The Labute approximate surface area is 137 Å². The minimum atomic E-state index is -0.664. The Bertz CT molecular complexity index is 478. The smallest absolute Gasteiger partial charge is 0.318 e. The van der Waals surface area contributed by atoms with E-state index in [-0.39, 0.29) is 23.7 Å².